The first-order valence-electron chi connectivity index (χ1n) is 9.72. The van der Waals surface area contributed by atoms with E-state index in [9.17, 15) is 0 Å². The molecule has 0 spiro atoms. The van der Waals surface area contributed by atoms with Gasteiger partial charge in [0.05, 0.1) is 11.9 Å². The molecule has 5 rings (SSSR count). The number of hydrogen-bond donors (Lipinski definition) is 2. The van der Waals surface area contributed by atoms with Crippen LogP contribution in [0.3, 0.4) is 0 Å². The molecule has 0 radical (unpaired) electrons. The molecule has 0 amide bonds. The molecule has 1 aromatic carbocycles. The summed E-state index contributed by atoms with van der Waals surface area (Å²) < 4.78 is 1.83. The van der Waals surface area contributed by atoms with Crippen LogP contribution in [0.1, 0.15) is 5.56 Å². The highest BCUT2D eigenvalue weighted by atomic mass is 15.2. The minimum Gasteiger partial charge on any atom is -0.354 e. The third-order valence-electron chi connectivity index (χ3n) is 5.57. The molecule has 1 aliphatic heterocycles. The summed E-state index contributed by atoms with van der Waals surface area (Å²) in [6.45, 7) is 6.22. The molecule has 0 saturated carbocycles. The van der Waals surface area contributed by atoms with Gasteiger partial charge >= 0.3 is 0 Å². The van der Waals surface area contributed by atoms with Gasteiger partial charge < -0.3 is 15.2 Å². The van der Waals surface area contributed by atoms with Crippen LogP contribution < -0.4 is 10.2 Å². The number of anilines is 1. The maximum atomic E-state index is 4.71. The maximum absolute atomic E-state index is 4.71. The van der Waals surface area contributed by atoms with E-state index in [1.807, 2.05) is 30.3 Å². The minimum atomic E-state index is 1.01. The van der Waals surface area contributed by atoms with E-state index >= 15 is 0 Å². The number of rotatable bonds is 3. The van der Waals surface area contributed by atoms with Crippen LogP contribution in [0.2, 0.25) is 0 Å². The van der Waals surface area contributed by atoms with Crippen LogP contribution >= 0.6 is 0 Å². The second-order valence-electron chi connectivity index (χ2n) is 7.43. The molecule has 4 aromatic rings. The zero-order valence-electron chi connectivity index (χ0n) is 16.2. The zero-order valence-corrected chi connectivity index (χ0v) is 16.2. The first-order valence-corrected chi connectivity index (χ1v) is 9.72. The average molecular weight is 372 g/mol. The Hall–Kier alpha value is -3.12. The Morgan fingerprint density at radius 2 is 1.79 bits per heavy atom. The fraction of sp³-hybridized carbons (Fsp3) is 0.273. The Balaban J connectivity index is 1.47. The molecule has 6 nitrogen and oxygen atoms in total. The highest BCUT2D eigenvalue weighted by Gasteiger charge is 2.13. The normalized spacial score (nSPS) is 14.7. The van der Waals surface area contributed by atoms with Gasteiger partial charge in [0.15, 0.2) is 0 Å². The summed E-state index contributed by atoms with van der Waals surface area (Å²) in [5, 5.41) is 8.92. The number of hydrogen-bond acceptors (Lipinski definition) is 4. The van der Waals surface area contributed by atoms with Crippen LogP contribution in [-0.2, 0) is 7.05 Å². The van der Waals surface area contributed by atoms with Crippen molar-refractivity contribution in [2.75, 3.05) is 31.1 Å². The van der Waals surface area contributed by atoms with E-state index in [1.54, 1.807) is 0 Å². The van der Waals surface area contributed by atoms with Crippen LogP contribution in [0, 0.1) is 6.92 Å². The van der Waals surface area contributed by atoms with Gasteiger partial charge in [-0.1, -0.05) is 12.1 Å². The molecule has 3 aromatic heterocycles. The van der Waals surface area contributed by atoms with Gasteiger partial charge in [0, 0.05) is 67.7 Å². The van der Waals surface area contributed by atoms with Crippen molar-refractivity contribution in [3.8, 4) is 22.4 Å². The summed E-state index contributed by atoms with van der Waals surface area (Å²) in [5.74, 6) is 1.06. The van der Waals surface area contributed by atoms with Crippen molar-refractivity contribution in [1.82, 2.24) is 25.1 Å². The molecule has 2 N–H and O–H groups in total. The third kappa shape index (κ3) is 2.96. The van der Waals surface area contributed by atoms with Crippen LogP contribution in [0.25, 0.3) is 33.3 Å². The van der Waals surface area contributed by atoms with Gasteiger partial charge in [0.1, 0.15) is 5.82 Å². The molecule has 0 aliphatic carbocycles. The van der Waals surface area contributed by atoms with Gasteiger partial charge in [0.2, 0.25) is 0 Å². The number of fused-ring (bicyclic) bond motifs is 1. The van der Waals surface area contributed by atoms with Crippen molar-refractivity contribution in [3.63, 3.8) is 0 Å². The molecular weight excluding hydrogens is 348 g/mol. The molecule has 4 heterocycles. The fourth-order valence-electron chi connectivity index (χ4n) is 3.99. The lowest BCUT2D eigenvalue weighted by molar-refractivity contribution is 0.585. The summed E-state index contributed by atoms with van der Waals surface area (Å²) >= 11 is 0. The van der Waals surface area contributed by atoms with Crippen molar-refractivity contribution >= 4 is 16.7 Å². The Kier molecular flexibility index (Phi) is 4.13. The number of benzene rings is 1. The Labute approximate surface area is 164 Å². The molecule has 1 aliphatic rings. The largest absolute Gasteiger partial charge is 0.354 e. The number of piperazine rings is 1. The molecule has 1 saturated heterocycles. The summed E-state index contributed by atoms with van der Waals surface area (Å²) in [6, 6.07) is 10.9. The van der Waals surface area contributed by atoms with E-state index in [2.05, 4.69) is 57.6 Å². The molecule has 28 heavy (non-hydrogen) atoms. The molecule has 0 unspecified atom stereocenters. The monoisotopic (exact) mass is 372 g/mol. The van der Waals surface area contributed by atoms with Gasteiger partial charge in [-0.05, 0) is 36.2 Å². The summed E-state index contributed by atoms with van der Waals surface area (Å²) in [4.78, 5) is 10.6. The number of aromatic nitrogens is 4. The fourth-order valence-corrected chi connectivity index (χ4v) is 3.99. The van der Waals surface area contributed by atoms with Crippen molar-refractivity contribution in [2.24, 2.45) is 7.05 Å². The van der Waals surface area contributed by atoms with Crippen molar-refractivity contribution in [3.05, 3.63) is 54.5 Å². The van der Waals surface area contributed by atoms with E-state index in [1.165, 1.54) is 16.5 Å². The van der Waals surface area contributed by atoms with E-state index in [0.29, 0.717) is 0 Å². The molecular formula is C22H24N6. The second-order valence-corrected chi connectivity index (χ2v) is 7.43. The van der Waals surface area contributed by atoms with Gasteiger partial charge in [-0.2, -0.15) is 5.10 Å². The number of aromatic amines is 1. The van der Waals surface area contributed by atoms with Gasteiger partial charge in [-0.25, -0.2) is 4.98 Å². The van der Waals surface area contributed by atoms with Crippen LogP contribution in [0.5, 0.6) is 0 Å². The molecule has 142 valence electrons. The Bertz CT molecular complexity index is 1120. The first-order chi connectivity index (χ1) is 13.7. The first kappa shape index (κ1) is 17.0. The highest BCUT2D eigenvalue weighted by Crippen LogP contribution is 2.32. The number of nitrogens with zero attached hydrogens (tertiary/aromatic N) is 4. The predicted octanol–water partition coefficient (Wildman–Crippen LogP) is 3.35. The molecule has 6 heteroatoms. The lowest BCUT2D eigenvalue weighted by Crippen LogP contribution is -2.43. The number of H-pyrrole nitrogens is 1. The van der Waals surface area contributed by atoms with E-state index < -0.39 is 0 Å². The van der Waals surface area contributed by atoms with E-state index in [0.717, 1.165) is 54.3 Å². The van der Waals surface area contributed by atoms with Gasteiger partial charge in [-0.15, -0.1) is 0 Å². The van der Waals surface area contributed by atoms with E-state index in [4.69, 9.17) is 4.98 Å². The lowest BCUT2D eigenvalue weighted by atomic mass is 10.0. The number of aryl methyl sites for hydroxylation is 2. The maximum Gasteiger partial charge on any atom is 0.128 e. The van der Waals surface area contributed by atoms with Crippen molar-refractivity contribution in [1.29, 1.82) is 0 Å². The quantitative estimate of drug-likeness (QED) is 0.579. The molecule has 0 bridgehead atoms. The lowest BCUT2D eigenvalue weighted by Gasteiger charge is -2.28. The summed E-state index contributed by atoms with van der Waals surface area (Å²) in [6.07, 6.45) is 5.92. The standard InChI is InChI=1S/C22H24N6/c1-15-19-5-3-16(11-20(19)26-22(15)18-13-25-27(2)14-18)17-4-6-21(24-12-17)28-9-7-23-8-10-28/h3-6,11-14,23,26H,7-10H2,1-2H3. The minimum absolute atomic E-state index is 1.01. The van der Waals surface area contributed by atoms with Crippen molar-refractivity contribution in [2.45, 2.75) is 6.92 Å². The predicted molar refractivity (Wildman–Crippen MR) is 114 cm³/mol. The van der Waals surface area contributed by atoms with Gasteiger partial charge in [-0.3, -0.25) is 4.68 Å². The SMILES string of the molecule is Cc1c(-c2cnn(C)c2)[nH]c2cc(-c3ccc(N4CCNCC4)nc3)ccc12. The smallest absolute Gasteiger partial charge is 0.128 e. The van der Waals surface area contributed by atoms with E-state index in [-0.39, 0.29) is 0 Å². The Morgan fingerprint density at radius 1 is 0.964 bits per heavy atom. The topological polar surface area (TPSA) is 61.8 Å². The molecule has 1 fully saturated rings. The number of nitrogens with one attached hydrogen (secondary N) is 2. The van der Waals surface area contributed by atoms with Gasteiger partial charge in [0.25, 0.3) is 0 Å². The zero-order chi connectivity index (χ0) is 19.1. The van der Waals surface area contributed by atoms with Crippen molar-refractivity contribution < 1.29 is 0 Å². The Morgan fingerprint density at radius 3 is 2.50 bits per heavy atom. The van der Waals surface area contributed by atoms with Crippen LogP contribution in [0.15, 0.2) is 48.9 Å². The van der Waals surface area contributed by atoms with Crippen LogP contribution in [-0.4, -0.2) is 45.9 Å². The third-order valence-corrected chi connectivity index (χ3v) is 5.57. The average Bonchev–Trinajstić information content (AvgIpc) is 3.31. The number of pyridine rings is 1. The van der Waals surface area contributed by atoms with Crippen LogP contribution in [0.4, 0.5) is 5.82 Å². The highest BCUT2D eigenvalue weighted by molar-refractivity contribution is 5.93. The molecule has 0 atom stereocenters. The second kappa shape index (κ2) is 6.80. The summed E-state index contributed by atoms with van der Waals surface area (Å²) in [5.41, 5.74) is 6.94. The summed E-state index contributed by atoms with van der Waals surface area (Å²) in [7, 11) is 1.94.